The quantitative estimate of drug-likeness (QED) is 0.411. The second kappa shape index (κ2) is 8.87. The van der Waals surface area contributed by atoms with Gasteiger partial charge in [-0.1, -0.05) is 0 Å². The lowest BCUT2D eigenvalue weighted by Gasteiger charge is -2.26. The van der Waals surface area contributed by atoms with Crippen molar-refractivity contribution in [1.82, 2.24) is 29.3 Å². The summed E-state index contributed by atoms with van der Waals surface area (Å²) in [6.45, 7) is 8.83. The number of carbonyl (C=O) groups is 1. The van der Waals surface area contributed by atoms with Gasteiger partial charge in [0.05, 0.1) is 23.5 Å². The largest absolute Gasteiger partial charge is 0.444 e. The van der Waals surface area contributed by atoms with Crippen LogP contribution in [-0.4, -0.2) is 67.2 Å². The lowest BCUT2D eigenvalue weighted by molar-refractivity contribution is 0.0282. The molecule has 2 aliphatic heterocycles. The van der Waals surface area contributed by atoms with E-state index >= 15 is 0 Å². The van der Waals surface area contributed by atoms with Gasteiger partial charge in [-0.15, -0.1) is 0 Å². The number of pyridine rings is 2. The van der Waals surface area contributed by atoms with E-state index in [1.165, 1.54) is 0 Å². The van der Waals surface area contributed by atoms with Crippen molar-refractivity contribution in [1.29, 1.82) is 5.26 Å². The number of hydrogen-bond donors (Lipinski definition) is 0. The van der Waals surface area contributed by atoms with E-state index in [0.717, 1.165) is 46.7 Å². The maximum Gasteiger partial charge on any atom is 0.410 e. The minimum absolute atomic E-state index is 0.225. The number of aromatic nitrogens is 5. The van der Waals surface area contributed by atoms with Crippen LogP contribution in [0.3, 0.4) is 0 Å². The molecule has 0 spiro atoms. The van der Waals surface area contributed by atoms with Crippen LogP contribution < -0.4 is 4.90 Å². The molecule has 2 aliphatic rings. The van der Waals surface area contributed by atoms with E-state index in [-0.39, 0.29) is 6.09 Å². The Balaban J connectivity index is 1.23. The van der Waals surface area contributed by atoms with Gasteiger partial charge in [0, 0.05) is 85.9 Å². The van der Waals surface area contributed by atoms with Gasteiger partial charge in [0.15, 0.2) is 0 Å². The third-order valence-corrected chi connectivity index (χ3v) is 7.29. The summed E-state index contributed by atoms with van der Waals surface area (Å²) in [4.78, 5) is 21.4. The number of aryl methyl sites for hydroxylation is 1. The molecule has 10 nitrogen and oxygen atoms in total. The standard InChI is InChI=1S/C28H30N8O2/c1-28(2,3)38-27(37)35-15-22-13-34(14-23(22)16-35)25-6-5-18(9-30-25)24-7-19(21-11-31-33(4)12-21)17-36-26(24)20(8-29)10-32-36/h5-7,9-12,17,22-23H,13-16H2,1-4H3/t22-,23+. The van der Waals surface area contributed by atoms with E-state index in [1.807, 2.05) is 63.6 Å². The molecule has 1 amide bonds. The minimum atomic E-state index is -0.486. The molecule has 10 heteroatoms. The summed E-state index contributed by atoms with van der Waals surface area (Å²) in [5, 5.41) is 18.4. The van der Waals surface area contributed by atoms with Crippen molar-refractivity contribution in [3.63, 3.8) is 0 Å². The van der Waals surface area contributed by atoms with Crippen molar-refractivity contribution >= 4 is 17.4 Å². The Morgan fingerprint density at radius 1 is 1.00 bits per heavy atom. The normalized spacial score (nSPS) is 19.1. The van der Waals surface area contributed by atoms with E-state index in [1.54, 1.807) is 15.4 Å². The smallest absolute Gasteiger partial charge is 0.410 e. The van der Waals surface area contributed by atoms with Crippen molar-refractivity contribution in [2.45, 2.75) is 26.4 Å². The number of carbonyl (C=O) groups excluding carboxylic acids is 1. The van der Waals surface area contributed by atoms with Crippen molar-refractivity contribution in [3.05, 3.63) is 54.7 Å². The van der Waals surface area contributed by atoms with E-state index in [4.69, 9.17) is 9.72 Å². The molecule has 0 unspecified atom stereocenters. The Kier molecular flexibility index (Phi) is 5.60. The number of amides is 1. The maximum absolute atomic E-state index is 12.5. The lowest BCUT2D eigenvalue weighted by atomic mass is 10.0. The maximum atomic E-state index is 12.5. The molecule has 0 radical (unpaired) electrons. The second-order valence-corrected chi connectivity index (χ2v) is 11.2. The van der Waals surface area contributed by atoms with Crippen LogP contribution in [0.25, 0.3) is 27.8 Å². The fraction of sp³-hybridized carbons (Fsp3) is 0.393. The average molecular weight is 511 g/mol. The molecule has 4 aromatic rings. The number of anilines is 1. The van der Waals surface area contributed by atoms with Gasteiger partial charge in [-0.25, -0.2) is 14.3 Å². The Morgan fingerprint density at radius 2 is 1.76 bits per heavy atom. The molecule has 2 saturated heterocycles. The monoisotopic (exact) mass is 510 g/mol. The zero-order valence-corrected chi connectivity index (χ0v) is 22.0. The second-order valence-electron chi connectivity index (χ2n) is 11.2. The molecule has 0 bridgehead atoms. The first-order valence-electron chi connectivity index (χ1n) is 12.8. The zero-order chi connectivity index (χ0) is 26.6. The van der Waals surface area contributed by atoms with E-state index in [2.05, 4.69) is 33.3 Å². The number of rotatable bonds is 3. The highest BCUT2D eigenvalue weighted by Gasteiger charge is 2.43. The van der Waals surface area contributed by atoms with Crippen LogP contribution in [-0.2, 0) is 11.8 Å². The SMILES string of the molecule is Cn1cc(-c2cc(-c3ccc(N4C[C@H]5CN(C(=O)OC(C)(C)C)C[C@H]5C4)nc3)c3c(C#N)cnn3c2)cn1. The molecule has 0 N–H and O–H groups in total. The molecule has 6 rings (SSSR count). The van der Waals surface area contributed by atoms with Gasteiger partial charge in [-0.3, -0.25) is 4.68 Å². The number of hydrogen-bond acceptors (Lipinski definition) is 7. The van der Waals surface area contributed by atoms with Crippen LogP contribution >= 0.6 is 0 Å². The Bertz CT molecular complexity index is 1540. The summed E-state index contributed by atoms with van der Waals surface area (Å²) < 4.78 is 9.08. The van der Waals surface area contributed by atoms with Crippen LogP contribution in [0.2, 0.25) is 0 Å². The van der Waals surface area contributed by atoms with Crippen LogP contribution in [0.15, 0.2) is 49.2 Å². The molecule has 6 heterocycles. The Hall–Kier alpha value is -4.39. The molecule has 38 heavy (non-hydrogen) atoms. The Morgan fingerprint density at radius 3 is 2.37 bits per heavy atom. The molecule has 194 valence electrons. The molecule has 0 aromatic carbocycles. The first kappa shape index (κ1) is 24.0. The molecule has 0 saturated carbocycles. The van der Waals surface area contributed by atoms with Gasteiger partial charge >= 0.3 is 6.09 Å². The van der Waals surface area contributed by atoms with Crippen molar-refractivity contribution < 1.29 is 9.53 Å². The predicted molar refractivity (Wildman–Crippen MR) is 142 cm³/mol. The van der Waals surface area contributed by atoms with Gasteiger partial charge in [0.25, 0.3) is 0 Å². The topological polar surface area (TPSA) is 105 Å². The summed E-state index contributed by atoms with van der Waals surface area (Å²) in [6.07, 6.45) is 8.92. The fourth-order valence-corrected chi connectivity index (χ4v) is 5.54. The number of nitrogens with zero attached hydrogens (tertiary/aromatic N) is 8. The molecular formula is C28H30N8O2. The third-order valence-electron chi connectivity index (χ3n) is 7.29. The molecular weight excluding hydrogens is 480 g/mol. The average Bonchev–Trinajstić information content (AvgIpc) is 3.65. The van der Waals surface area contributed by atoms with Gasteiger partial charge in [-0.05, 0) is 39.0 Å². The fourth-order valence-electron chi connectivity index (χ4n) is 5.54. The summed E-state index contributed by atoms with van der Waals surface area (Å²) in [7, 11) is 1.88. The predicted octanol–water partition coefficient (Wildman–Crippen LogP) is 3.97. The Labute approximate surface area is 221 Å². The minimum Gasteiger partial charge on any atom is -0.444 e. The number of fused-ring (bicyclic) bond motifs is 2. The van der Waals surface area contributed by atoms with Crippen molar-refractivity contribution in [3.8, 4) is 28.3 Å². The summed E-state index contributed by atoms with van der Waals surface area (Å²) >= 11 is 0. The van der Waals surface area contributed by atoms with E-state index in [9.17, 15) is 10.1 Å². The number of ether oxygens (including phenoxy) is 1. The molecule has 4 aromatic heterocycles. The van der Waals surface area contributed by atoms with Crippen LogP contribution in [0.1, 0.15) is 26.3 Å². The first-order chi connectivity index (χ1) is 18.2. The highest BCUT2D eigenvalue weighted by Crippen LogP contribution is 2.36. The lowest BCUT2D eigenvalue weighted by Crippen LogP contribution is -2.37. The highest BCUT2D eigenvalue weighted by atomic mass is 16.6. The van der Waals surface area contributed by atoms with Crippen molar-refractivity contribution in [2.24, 2.45) is 18.9 Å². The van der Waals surface area contributed by atoms with Gasteiger partial charge in [0.2, 0.25) is 0 Å². The van der Waals surface area contributed by atoms with E-state index in [0.29, 0.717) is 30.5 Å². The van der Waals surface area contributed by atoms with Crippen LogP contribution in [0.5, 0.6) is 0 Å². The van der Waals surface area contributed by atoms with Crippen LogP contribution in [0, 0.1) is 23.2 Å². The molecule has 2 atom stereocenters. The third kappa shape index (κ3) is 4.34. The van der Waals surface area contributed by atoms with Gasteiger partial charge in [-0.2, -0.15) is 15.5 Å². The summed E-state index contributed by atoms with van der Waals surface area (Å²) in [5.74, 6) is 1.73. The number of likely N-dealkylation sites (tertiary alicyclic amines) is 1. The highest BCUT2D eigenvalue weighted by molar-refractivity contribution is 5.87. The van der Waals surface area contributed by atoms with Gasteiger partial charge in [0.1, 0.15) is 17.5 Å². The molecule has 2 fully saturated rings. The van der Waals surface area contributed by atoms with Gasteiger partial charge < -0.3 is 14.5 Å². The molecule has 0 aliphatic carbocycles. The summed E-state index contributed by atoms with van der Waals surface area (Å²) in [6, 6.07) is 8.42. The van der Waals surface area contributed by atoms with E-state index < -0.39 is 5.60 Å². The number of nitriles is 1. The van der Waals surface area contributed by atoms with Crippen LogP contribution in [0.4, 0.5) is 10.6 Å². The first-order valence-corrected chi connectivity index (χ1v) is 12.8. The zero-order valence-electron chi connectivity index (χ0n) is 22.0. The summed E-state index contributed by atoms with van der Waals surface area (Å²) in [5.41, 5.74) is 4.53. The van der Waals surface area contributed by atoms with Crippen molar-refractivity contribution in [2.75, 3.05) is 31.1 Å².